The first-order chi connectivity index (χ1) is 21.3. The molecule has 1 saturated carbocycles. The van der Waals surface area contributed by atoms with Crippen molar-refractivity contribution in [2.75, 3.05) is 23.8 Å². The van der Waals surface area contributed by atoms with E-state index >= 15 is 0 Å². The normalized spacial score (nSPS) is 21.3. The highest BCUT2D eigenvalue weighted by molar-refractivity contribution is 9.10. The number of ketones is 1. The highest BCUT2D eigenvalue weighted by atomic mass is 79.9. The summed E-state index contributed by atoms with van der Waals surface area (Å²) in [6.07, 6.45) is 0.414. The van der Waals surface area contributed by atoms with Crippen LogP contribution in [0, 0.1) is 39.5 Å². The summed E-state index contributed by atoms with van der Waals surface area (Å²) < 4.78 is 12.5. The zero-order valence-corrected chi connectivity index (χ0v) is 28.6. The maximum atomic E-state index is 14.3. The third-order valence-corrected chi connectivity index (χ3v) is 8.89. The first kappa shape index (κ1) is 34.2. The Hall–Kier alpha value is -3.69. The van der Waals surface area contributed by atoms with Crippen LogP contribution in [0.2, 0.25) is 0 Å². The third kappa shape index (κ3) is 7.59. The van der Waals surface area contributed by atoms with Gasteiger partial charge in [0.25, 0.3) is 0 Å². The molecule has 0 radical (unpaired) electrons. The van der Waals surface area contributed by atoms with Crippen molar-refractivity contribution in [1.29, 1.82) is 0 Å². The maximum absolute atomic E-state index is 14.3. The number of rotatable bonds is 10. The fraction of sp³-hybridized carbons (Fsp3) is 0.417. The summed E-state index contributed by atoms with van der Waals surface area (Å²) in [5, 5.41) is 17.8. The van der Waals surface area contributed by atoms with Crippen LogP contribution in [0.25, 0.3) is 0 Å². The number of Topliss-reactive ketones (excluding diaryl/α,β-unsaturated/α-hetero) is 1. The van der Waals surface area contributed by atoms with Crippen LogP contribution >= 0.6 is 15.9 Å². The Morgan fingerprint density at radius 3 is 2.04 bits per heavy atom. The number of hydrogen-bond acceptors (Lipinski definition) is 6. The van der Waals surface area contributed by atoms with Gasteiger partial charge in [-0.15, -0.1) is 0 Å². The Balaban J connectivity index is 1.89. The molecule has 2 amide bonds. The number of aliphatic hydroxyl groups is 1. The van der Waals surface area contributed by atoms with Crippen LogP contribution in [0.15, 0.2) is 53.0 Å². The average Bonchev–Trinajstić information content (AvgIpc) is 2.95. The zero-order valence-electron chi connectivity index (χ0n) is 27.0. The summed E-state index contributed by atoms with van der Waals surface area (Å²) in [5.41, 5.74) is 3.51. The molecule has 1 aliphatic carbocycles. The minimum Gasteiger partial charge on any atom is -0.490 e. The van der Waals surface area contributed by atoms with Crippen LogP contribution in [0.3, 0.4) is 0 Å². The van der Waals surface area contributed by atoms with Crippen molar-refractivity contribution in [3.05, 3.63) is 80.8 Å². The number of hydrogen-bond donors (Lipinski definition) is 3. The Kier molecular flexibility index (Phi) is 10.8. The summed E-state index contributed by atoms with van der Waals surface area (Å²) in [5.74, 6) is -4.07. The number of anilines is 2. The average molecular weight is 680 g/mol. The number of nitrogens with one attached hydrogen (secondary N) is 2. The van der Waals surface area contributed by atoms with E-state index < -0.39 is 41.0 Å². The van der Waals surface area contributed by atoms with E-state index in [-0.39, 0.29) is 6.42 Å². The number of amides is 2. The highest BCUT2D eigenvalue weighted by Crippen LogP contribution is 2.49. The maximum Gasteiger partial charge on any atom is 0.235 e. The lowest BCUT2D eigenvalue weighted by atomic mass is 9.61. The molecule has 4 atom stereocenters. The standard InChI is InChI=1S/C36H43BrN2O6/c1-8-14-45-33-25(37)17-24(18-29(33)44-9-2)30-31(34(41)38-26-15-20(3)10-12-22(26)5)28(40)19-36(7,43)32(30)35(42)39-27-16-21(4)11-13-23(27)6/h10-13,15-18,30-32,43H,8-9,14,19H2,1-7H3,(H,38,41)(H,39,42). The number of carbonyl (C=O) groups excluding carboxylic acids is 3. The van der Waals surface area contributed by atoms with Crippen molar-refractivity contribution in [2.24, 2.45) is 11.8 Å². The molecule has 3 aromatic carbocycles. The number of benzene rings is 3. The van der Waals surface area contributed by atoms with E-state index in [1.807, 2.05) is 77.9 Å². The predicted molar refractivity (Wildman–Crippen MR) is 180 cm³/mol. The minimum absolute atomic E-state index is 0.340. The summed E-state index contributed by atoms with van der Waals surface area (Å²) in [7, 11) is 0. The number of aryl methyl sites for hydroxylation is 4. The molecule has 0 bridgehead atoms. The third-order valence-electron chi connectivity index (χ3n) is 8.30. The molecule has 0 spiro atoms. The van der Waals surface area contributed by atoms with Crippen molar-refractivity contribution in [3.63, 3.8) is 0 Å². The molecule has 4 rings (SSSR count). The van der Waals surface area contributed by atoms with Gasteiger partial charge >= 0.3 is 0 Å². The van der Waals surface area contributed by atoms with E-state index in [4.69, 9.17) is 9.47 Å². The van der Waals surface area contributed by atoms with Gasteiger partial charge in [0.2, 0.25) is 11.8 Å². The quantitative estimate of drug-likeness (QED) is 0.196. The molecular weight excluding hydrogens is 636 g/mol. The van der Waals surface area contributed by atoms with Crippen LogP contribution < -0.4 is 20.1 Å². The Morgan fingerprint density at radius 2 is 1.49 bits per heavy atom. The van der Waals surface area contributed by atoms with Crippen LogP contribution in [0.4, 0.5) is 11.4 Å². The molecule has 8 nitrogen and oxygen atoms in total. The molecule has 3 N–H and O–H groups in total. The van der Waals surface area contributed by atoms with Crippen LogP contribution in [-0.4, -0.2) is 41.5 Å². The Bertz CT molecular complexity index is 1600. The summed E-state index contributed by atoms with van der Waals surface area (Å²) >= 11 is 3.61. The van der Waals surface area contributed by atoms with Gasteiger partial charge in [-0.1, -0.05) is 31.2 Å². The Labute approximate surface area is 274 Å². The second kappa shape index (κ2) is 14.2. The molecule has 4 unspecified atom stereocenters. The second-order valence-corrected chi connectivity index (χ2v) is 13.1. The smallest absolute Gasteiger partial charge is 0.235 e. The number of halogens is 1. The molecule has 0 heterocycles. The van der Waals surface area contributed by atoms with Gasteiger partial charge in [0.1, 0.15) is 11.7 Å². The summed E-state index contributed by atoms with van der Waals surface area (Å²) in [6, 6.07) is 14.9. The SMILES string of the molecule is CCCOc1c(Br)cc(C2C(C(=O)Nc3cc(C)ccc3C)C(=O)CC(C)(O)C2C(=O)Nc2cc(C)ccc2C)cc1OCC. The Morgan fingerprint density at radius 1 is 0.911 bits per heavy atom. The summed E-state index contributed by atoms with van der Waals surface area (Å²) in [6.45, 7) is 13.7. The molecule has 45 heavy (non-hydrogen) atoms. The lowest BCUT2D eigenvalue weighted by Crippen LogP contribution is -2.56. The van der Waals surface area contributed by atoms with Crippen molar-refractivity contribution in [3.8, 4) is 11.5 Å². The van der Waals surface area contributed by atoms with E-state index in [0.29, 0.717) is 46.1 Å². The molecule has 9 heteroatoms. The zero-order chi connectivity index (χ0) is 33.1. The van der Waals surface area contributed by atoms with Gasteiger partial charge in [0.05, 0.1) is 29.2 Å². The van der Waals surface area contributed by atoms with Crippen molar-refractivity contribution >= 4 is 44.9 Å². The minimum atomic E-state index is -1.75. The lowest BCUT2D eigenvalue weighted by Gasteiger charge is -2.44. The van der Waals surface area contributed by atoms with Crippen LogP contribution in [-0.2, 0) is 14.4 Å². The van der Waals surface area contributed by atoms with Crippen LogP contribution in [0.1, 0.15) is 67.3 Å². The van der Waals surface area contributed by atoms with E-state index in [0.717, 1.165) is 28.7 Å². The van der Waals surface area contributed by atoms with Gasteiger partial charge in [-0.2, -0.15) is 0 Å². The van der Waals surface area contributed by atoms with E-state index in [2.05, 4.69) is 26.6 Å². The van der Waals surface area contributed by atoms with Crippen molar-refractivity contribution < 1.29 is 29.0 Å². The van der Waals surface area contributed by atoms with Gasteiger partial charge in [-0.05, 0) is 116 Å². The molecule has 240 valence electrons. The van der Waals surface area contributed by atoms with Gasteiger partial charge in [0.15, 0.2) is 11.5 Å². The van der Waals surface area contributed by atoms with E-state index in [9.17, 15) is 19.5 Å². The molecule has 1 fully saturated rings. The first-order valence-corrected chi connectivity index (χ1v) is 16.2. The van der Waals surface area contributed by atoms with Crippen molar-refractivity contribution in [1.82, 2.24) is 0 Å². The van der Waals surface area contributed by atoms with Crippen LogP contribution in [0.5, 0.6) is 11.5 Å². The number of carbonyl (C=O) groups is 3. The topological polar surface area (TPSA) is 114 Å². The van der Waals surface area contributed by atoms with Gasteiger partial charge in [0, 0.05) is 23.7 Å². The highest BCUT2D eigenvalue weighted by Gasteiger charge is 2.56. The lowest BCUT2D eigenvalue weighted by molar-refractivity contribution is -0.150. The molecular formula is C36H43BrN2O6. The predicted octanol–water partition coefficient (Wildman–Crippen LogP) is 7.19. The molecule has 3 aromatic rings. The second-order valence-electron chi connectivity index (χ2n) is 12.2. The molecule has 1 aliphatic rings. The van der Waals surface area contributed by atoms with E-state index in [1.54, 1.807) is 12.1 Å². The van der Waals surface area contributed by atoms with Gasteiger partial charge in [-0.3, -0.25) is 14.4 Å². The summed E-state index contributed by atoms with van der Waals surface area (Å²) in [4.78, 5) is 42.3. The van der Waals surface area contributed by atoms with Crippen molar-refractivity contribution in [2.45, 2.75) is 72.8 Å². The number of ether oxygens (including phenoxy) is 2. The first-order valence-electron chi connectivity index (χ1n) is 15.4. The fourth-order valence-electron chi connectivity index (χ4n) is 6.04. The molecule has 0 saturated heterocycles. The van der Waals surface area contributed by atoms with Gasteiger partial charge in [-0.25, -0.2) is 0 Å². The largest absolute Gasteiger partial charge is 0.490 e. The molecule has 0 aliphatic heterocycles. The fourth-order valence-corrected chi connectivity index (χ4v) is 6.62. The molecule has 0 aromatic heterocycles. The van der Waals surface area contributed by atoms with Gasteiger partial charge < -0.3 is 25.2 Å². The van der Waals surface area contributed by atoms with E-state index in [1.165, 1.54) is 6.92 Å². The monoisotopic (exact) mass is 678 g/mol.